The molecule has 0 atom stereocenters. The third-order valence-electron chi connectivity index (χ3n) is 1.47. The van der Waals surface area contributed by atoms with Crippen molar-refractivity contribution in [1.29, 1.82) is 0 Å². The summed E-state index contributed by atoms with van der Waals surface area (Å²) < 4.78 is 22.1. The Morgan fingerprint density at radius 2 is 2.21 bits per heavy atom. The normalized spacial score (nSPS) is 11.6. The van der Waals surface area contributed by atoms with Crippen LogP contribution >= 0.6 is 22.0 Å². The minimum atomic E-state index is -3.84. The van der Waals surface area contributed by atoms with Crippen molar-refractivity contribution in [2.75, 3.05) is 0 Å². The largest absolute Gasteiger partial charge is 0.481 e. The number of aliphatic carboxylic acids is 1. The van der Waals surface area contributed by atoms with E-state index in [-0.39, 0.29) is 16.2 Å². The number of carboxylic acid groups (broad SMARTS) is 1. The maximum atomic E-state index is 11.0. The van der Waals surface area contributed by atoms with Crippen molar-refractivity contribution in [1.82, 2.24) is 0 Å². The molecule has 0 aromatic carbocycles. The van der Waals surface area contributed by atoms with Crippen molar-refractivity contribution in [3.8, 4) is 0 Å². The van der Waals surface area contributed by atoms with Crippen LogP contribution in [0.3, 0.4) is 0 Å². The van der Waals surface area contributed by atoms with Crippen LogP contribution in [0.15, 0.2) is 11.0 Å². The lowest BCUT2D eigenvalue weighted by atomic mass is 10.3. The van der Waals surface area contributed by atoms with Gasteiger partial charge in [0.1, 0.15) is 0 Å². The van der Waals surface area contributed by atoms with Crippen LogP contribution in [0.1, 0.15) is 9.75 Å². The van der Waals surface area contributed by atoms with E-state index >= 15 is 0 Å². The van der Waals surface area contributed by atoms with E-state index < -0.39 is 15.0 Å². The third-order valence-corrected chi connectivity index (χ3v) is 4.04. The molecule has 0 aliphatic heterocycles. The maximum absolute atomic E-state index is 11.0. The Morgan fingerprint density at radius 3 is 2.64 bits per heavy atom. The molecule has 7 heteroatoms. The summed E-state index contributed by atoms with van der Waals surface area (Å²) in [5.41, 5.74) is 0. The van der Waals surface area contributed by atoms with Gasteiger partial charge >= 0.3 is 5.97 Å². The molecule has 4 nitrogen and oxygen atoms in total. The van der Waals surface area contributed by atoms with Gasteiger partial charge in [-0.15, -0.1) is 11.3 Å². The summed E-state index contributed by atoms with van der Waals surface area (Å²) >= 11 is 1.13. The maximum Gasteiger partial charge on any atom is 0.308 e. The van der Waals surface area contributed by atoms with Gasteiger partial charge in [0.05, 0.1) is 11.3 Å². The number of aryl methyl sites for hydroxylation is 1. The zero-order chi connectivity index (χ0) is 10.9. The van der Waals surface area contributed by atoms with Crippen LogP contribution in [0.5, 0.6) is 0 Å². The molecule has 1 rings (SSSR count). The van der Waals surface area contributed by atoms with Gasteiger partial charge in [0.25, 0.3) is 9.05 Å². The first kappa shape index (κ1) is 11.5. The summed E-state index contributed by atoms with van der Waals surface area (Å²) in [7, 11) is 1.31. The second-order valence-corrected chi connectivity index (χ2v) is 6.53. The van der Waals surface area contributed by atoms with E-state index in [1.165, 1.54) is 6.07 Å². The molecule has 0 unspecified atom stereocenters. The molecule has 14 heavy (non-hydrogen) atoms. The summed E-state index contributed by atoms with van der Waals surface area (Å²) in [6, 6.07) is 1.38. The molecule has 1 heterocycles. The second-order valence-electron chi connectivity index (χ2n) is 2.65. The molecule has 0 saturated carbocycles. The molecule has 0 saturated heterocycles. The number of thiophene rings is 1. The molecule has 0 aliphatic carbocycles. The first-order chi connectivity index (χ1) is 6.30. The second kappa shape index (κ2) is 3.88. The van der Waals surface area contributed by atoms with Crippen LogP contribution in [0, 0.1) is 6.92 Å². The topological polar surface area (TPSA) is 71.4 Å². The van der Waals surface area contributed by atoms with Crippen molar-refractivity contribution in [3.63, 3.8) is 0 Å². The fourth-order valence-corrected chi connectivity index (χ4v) is 3.67. The molecule has 1 aromatic rings. The van der Waals surface area contributed by atoms with Crippen LogP contribution in [0.4, 0.5) is 0 Å². The first-order valence-corrected chi connectivity index (χ1v) is 6.69. The Morgan fingerprint density at radius 1 is 1.64 bits per heavy atom. The van der Waals surface area contributed by atoms with Crippen molar-refractivity contribution >= 4 is 37.0 Å². The van der Waals surface area contributed by atoms with Gasteiger partial charge in [-0.25, -0.2) is 8.42 Å². The predicted molar refractivity (Wildman–Crippen MR) is 53.4 cm³/mol. The molecule has 0 spiro atoms. The van der Waals surface area contributed by atoms with E-state index in [0.29, 0.717) is 0 Å². The van der Waals surface area contributed by atoms with Crippen molar-refractivity contribution < 1.29 is 18.3 Å². The monoisotopic (exact) mass is 254 g/mol. The predicted octanol–water partition coefficient (Wildman–Crippen LogP) is 1.61. The third kappa shape index (κ3) is 2.70. The highest BCUT2D eigenvalue weighted by molar-refractivity contribution is 8.13. The van der Waals surface area contributed by atoms with Crippen LogP contribution in [0.25, 0.3) is 0 Å². The van der Waals surface area contributed by atoms with Gasteiger partial charge in [0.15, 0.2) is 0 Å². The lowest BCUT2D eigenvalue weighted by molar-refractivity contribution is -0.136. The summed E-state index contributed by atoms with van der Waals surface area (Å²) in [6.45, 7) is 1.70. The van der Waals surface area contributed by atoms with Crippen molar-refractivity contribution in [2.24, 2.45) is 0 Å². The molecule has 0 amide bonds. The highest BCUT2D eigenvalue weighted by atomic mass is 35.7. The van der Waals surface area contributed by atoms with Crippen LogP contribution in [0.2, 0.25) is 0 Å². The van der Waals surface area contributed by atoms with E-state index in [4.69, 9.17) is 15.8 Å². The molecular weight excluding hydrogens is 248 g/mol. The van der Waals surface area contributed by atoms with E-state index in [9.17, 15) is 13.2 Å². The number of hydrogen-bond acceptors (Lipinski definition) is 4. The van der Waals surface area contributed by atoms with E-state index in [2.05, 4.69) is 0 Å². The summed E-state index contributed by atoms with van der Waals surface area (Å²) in [5, 5.41) is 8.54. The molecule has 1 N–H and O–H groups in total. The van der Waals surface area contributed by atoms with Crippen LogP contribution < -0.4 is 0 Å². The van der Waals surface area contributed by atoms with E-state index in [0.717, 1.165) is 16.2 Å². The molecule has 1 aromatic heterocycles. The van der Waals surface area contributed by atoms with Gasteiger partial charge in [-0.2, -0.15) is 0 Å². The Kier molecular flexibility index (Phi) is 3.18. The Hall–Kier alpha value is -0.590. The molecule has 0 aliphatic rings. The van der Waals surface area contributed by atoms with Gasteiger partial charge < -0.3 is 5.11 Å². The van der Waals surface area contributed by atoms with Gasteiger partial charge in [-0.05, 0) is 13.0 Å². The molecule has 0 radical (unpaired) electrons. The number of halogens is 1. The fraction of sp³-hybridized carbons (Fsp3) is 0.286. The van der Waals surface area contributed by atoms with Crippen LogP contribution in [-0.4, -0.2) is 19.5 Å². The van der Waals surface area contributed by atoms with E-state index in [1.54, 1.807) is 6.92 Å². The van der Waals surface area contributed by atoms with Gasteiger partial charge in [0, 0.05) is 20.4 Å². The molecule has 0 bridgehead atoms. The summed E-state index contributed by atoms with van der Waals surface area (Å²) in [5.74, 6) is -1.08. The number of carboxylic acids is 1. The summed E-state index contributed by atoms with van der Waals surface area (Å²) in [6.07, 6.45) is -0.320. The van der Waals surface area contributed by atoms with E-state index in [1.807, 2.05) is 0 Å². The van der Waals surface area contributed by atoms with Gasteiger partial charge in [0.2, 0.25) is 0 Å². The van der Waals surface area contributed by atoms with Crippen molar-refractivity contribution in [2.45, 2.75) is 18.2 Å². The zero-order valence-electron chi connectivity index (χ0n) is 7.15. The Balaban J connectivity index is 3.23. The average molecular weight is 255 g/mol. The highest BCUT2D eigenvalue weighted by Gasteiger charge is 2.20. The Bertz CT molecular complexity index is 460. The molecule has 78 valence electrons. The Labute approximate surface area is 89.6 Å². The zero-order valence-corrected chi connectivity index (χ0v) is 9.54. The highest BCUT2D eigenvalue weighted by Crippen LogP contribution is 2.28. The molecule has 0 fully saturated rings. The van der Waals surface area contributed by atoms with Gasteiger partial charge in [-0.3, -0.25) is 4.79 Å². The number of rotatable bonds is 3. The lowest BCUT2D eigenvalue weighted by Crippen LogP contribution is -2.01. The minimum absolute atomic E-state index is 0.0935. The average Bonchev–Trinajstić information content (AvgIpc) is 2.28. The summed E-state index contributed by atoms with van der Waals surface area (Å²) in [4.78, 5) is 11.3. The number of carbonyl (C=O) groups is 1. The standard InChI is InChI=1S/C7H7ClO4S2/c1-4-2-6(14(8,11)12)5(13-4)3-7(9)10/h2H,3H2,1H3,(H,9,10). The fourth-order valence-electron chi connectivity index (χ4n) is 1.01. The smallest absolute Gasteiger partial charge is 0.308 e. The lowest BCUT2D eigenvalue weighted by Gasteiger charge is -1.95. The molecular formula is C7H7ClO4S2. The number of hydrogen-bond donors (Lipinski definition) is 1. The first-order valence-electron chi connectivity index (χ1n) is 3.56. The quantitative estimate of drug-likeness (QED) is 0.832. The SMILES string of the molecule is Cc1cc(S(=O)(=O)Cl)c(CC(=O)O)s1. The minimum Gasteiger partial charge on any atom is -0.481 e. The van der Waals surface area contributed by atoms with Crippen molar-refractivity contribution in [3.05, 3.63) is 15.8 Å². The van der Waals surface area contributed by atoms with Gasteiger partial charge in [-0.1, -0.05) is 0 Å². The van der Waals surface area contributed by atoms with Crippen LogP contribution in [-0.2, 0) is 20.3 Å².